The van der Waals surface area contributed by atoms with Crippen molar-refractivity contribution in [1.82, 2.24) is 5.32 Å². The van der Waals surface area contributed by atoms with Crippen LogP contribution in [0.4, 0.5) is 5.69 Å². The summed E-state index contributed by atoms with van der Waals surface area (Å²) in [6.45, 7) is 8.73. The summed E-state index contributed by atoms with van der Waals surface area (Å²) in [7, 11) is 0. The van der Waals surface area contributed by atoms with Crippen molar-refractivity contribution >= 4 is 17.3 Å². The second-order valence-electron chi connectivity index (χ2n) is 5.58. The number of halogens is 1. The predicted octanol–water partition coefficient (Wildman–Crippen LogP) is 4.08. The minimum Gasteiger partial charge on any atom is -0.371 e. The number of benzene rings is 1. The molecule has 0 aliphatic carbocycles. The van der Waals surface area contributed by atoms with Crippen LogP contribution >= 0.6 is 11.6 Å². The van der Waals surface area contributed by atoms with E-state index in [1.54, 1.807) is 0 Å². The second-order valence-corrected chi connectivity index (χ2v) is 6.01. The number of hydrogen-bond donors (Lipinski definition) is 1. The predicted molar refractivity (Wildman–Crippen MR) is 84.1 cm³/mol. The highest BCUT2D eigenvalue weighted by molar-refractivity contribution is 6.30. The summed E-state index contributed by atoms with van der Waals surface area (Å²) in [5, 5.41) is 4.24. The largest absolute Gasteiger partial charge is 0.371 e. The van der Waals surface area contributed by atoms with E-state index < -0.39 is 0 Å². The van der Waals surface area contributed by atoms with Gasteiger partial charge in [0.15, 0.2) is 0 Å². The lowest BCUT2D eigenvalue weighted by molar-refractivity contribution is 0.521. The van der Waals surface area contributed by atoms with Crippen LogP contribution in [0.2, 0.25) is 5.02 Å². The molecule has 1 aliphatic rings. The molecule has 2 nitrogen and oxygen atoms in total. The molecule has 0 aromatic heterocycles. The van der Waals surface area contributed by atoms with Crippen molar-refractivity contribution in [2.45, 2.75) is 39.7 Å². The van der Waals surface area contributed by atoms with Crippen molar-refractivity contribution < 1.29 is 0 Å². The molecule has 1 saturated heterocycles. The Labute approximate surface area is 122 Å². The van der Waals surface area contributed by atoms with Crippen LogP contribution in [0, 0.1) is 5.92 Å². The maximum absolute atomic E-state index is 6.14. The zero-order valence-electron chi connectivity index (χ0n) is 12.1. The van der Waals surface area contributed by atoms with Crippen molar-refractivity contribution in [3.63, 3.8) is 0 Å². The van der Waals surface area contributed by atoms with Crippen molar-refractivity contribution in [3.8, 4) is 0 Å². The van der Waals surface area contributed by atoms with Gasteiger partial charge in [0.05, 0.1) is 0 Å². The molecule has 1 aromatic carbocycles. The minimum absolute atomic E-state index is 0.833. The summed E-state index contributed by atoms with van der Waals surface area (Å²) in [5.41, 5.74) is 2.68. The molecule has 0 bridgehead atoms. The SMILES string of the molecule is CCNCc1cc(Cl)ccc1N1CCCC(C)CC1. The fourth-order valence-electron chi connectivity index (χ4n) is 2.77. The fraction of sp³-hybridized carbons (Fsp3) is 0.625. The first-order chi connectivity index (χ1) is 9.20. The van der Waals surface area contributed by atoms with Crippen LogP contribution in [0.15, 0.2) is 18.2 Å². The number of hydrogen-bond acceptors (Lipinski definition) is 2. The van der Waals surface area contributed by atoms with E-state index in [1.165, 1.54) is 43.6 Å². The third-order valence-electron chi connectivity index (χ3n) is 3.96. The highest BCUT2D eigenvalue weighted by Gasteiger charge is 2.16. The Morgan fingerprint density at radius 3 is 2.95 bits per heavy atom. The van der Waals surface area contributed by atoms with E-state index in [0.29, 0.717) is 0 Å². The molecule has 1 atom stereocenters. The summed E-state index contributed by atoms with van der Waals surface area (Å²) < 4.78 is 0. The first-order valence-electron chi connectivity index (χ1n) is 7.44. The Bertz CT molecular complexity index is 406. The average molecular weight is 281 g/mol. The molecule has 0 spiro atoms. The van der Waals surface area contributed by atoms with E-state index in [1.807, 2.05) is 6.07 Å². The molecular formula is C16H25ClN2. The van der Waals surface area contributed by atoms with Crippen LogP contribution in [0.25, 0.3) is 0 Å². The van der Waals surface area contributed by atoms with E-state index >= 15 is 0 Å². The van der Waals surface area contributed by atoms with Crippen molar-refractivity contribution in [2.75, 3.05) is 24.5 Å². The Morgan fingerprint density at radius 2 is 2.16 bits per heavy atom. The van der Waals surface area contributed by atoms with Gasteiger partial charge < -0.3 is 10.2 Å². The van der Waals surface area contributed by atoms with Gasteiger partial charge in [0.2, 0.25) is 0 Å². The molecule has 1 N–H and O–H groups in total. The molecule has 1 unspecified atom stereocenters. The second kappa shape index (κ2) is 7.16. The van der Waals surface area contributed by atoms with Gasteiger partial charge in [0.25, 0.3) is 0 Å². The summed E-state index contributed by atoms with van der Waals surface area (Å²) >= 11 is 6.14. The third-order valence-corrected chi connectivity index (χ3v) is 4.20. The van der Waals surface area contributed by atoms with E-state index in [2.05, 4.69) is 36.2 Å². The number of nitrogens with zero attached hydrogens (tertiary/aromatic N) is 1. The van der Waals surface area contributed by atoms with Crippen LogP contribution < -0.4 is 10.2 Å². The molecule has 1 heterocycles. The van der Waals surface area contributed by atoms with Gasteiger partial charge >= 0.3 is 0 Å². The van der Waals surface area contributed by atoms with E-state index in [4.69, 9.17) is 11.6 Å². The van der Waals surface area contributed by atoms with Gasteiger partial charge in [0, 0.05) is 30.3 Å². The summed E-state index contributed by atoms with van der Waals surface area (Å²) in [6, 6.07) is 6.31. The first kappa shape index (κ1) is 14.7. The van der Waals surface area contributed by atoms with Gasteiger partial charge in [-0.3, -0.25) is 0 Å². The van der Waals surface area contributed by atoms with Gasteiger partial charge in [-0.1, -0.05) is 25.4 Å². The molecular weight excluding hydrogens is 256 g/mol. The van der Waals surface area contributed by atoms with Crippen molar-refractivity contribution in [3.05, 3.63) is 28.8 Å². The lowest BCUT2D eigenvalue weighted by Gasteiger charge is -2.26. The zero-order chi connectivity index (χ0) is 13.7. The van der Waals surface area contributed by atoms with E-state index in [9.17, 15) is 0 Å². The summed E-state index contributed by atoms with van der Waals surface area (Å²) in [5.74, 6) is 0.856. The monoisotopic (exact) mass is 280 g/mol. The molecule has 1 fully saturated rings. The van der Waals surface area contributed by atoms with Crippen LogP contribution in [0.5, 0.6) is 0 Å². The molecule has 3 heteroatoms. The molecule has 106 valence electrons. The van der Waals surface area contributed by atoms with E-state index in [-0.39, 0.29) is 0 Å². The van der Waals surface area contributed by atoms with Crippen molar-refractivity contribution in [2.24, 2.45) is 5.92 Å². The number of nitrogens with one attached hydrogen (secondary N) is 1. The topological polar surface area (TPSA) is 15.3 Å². The fourth-order valence-corrected chi connectivity index (χ4v) is 2.96. The Morgan fingerprint density at radius 1 is 1.32 bits per heavy atom. The standard InChI is InChI=1S/C16H25ClN2/c1-3-18-12-14-11-15(17)6-7-16(14)19-9-4-5-13(2)8-10-19/h6-7,11,13,18H,3-5,8-10,12H2,1-2H3. The summed E-state index contributed by atoms with van der Waals surface area (Å²) in [4.78, 5) is 2.53. The number of rotatable bonds is 4. The van der Waals surface area contributed by atoms with Crippen LogP contribution in [0.3, 0.4) is 0 Å². The lowest BCUT2D eigenvalue weighted by Crippen LogP contribution is -2.26. The maximum atomic E-state index is 6.14. The molecule has 1 aliphatic heterocycles. The quantitative estimate of drug-likeness (QED) is 0.894. The van der Waals surface area contributed by atoms with Crippen LogP contribution in [-0.2, 0) is 6.54 Å². The molecule has 0 saturated carbocycles. The Hall–Kier alpha value is -0.730. The highest BCUT2D eigenvalue weighted by Crippen LogP contribution is 2.28. The lowest BCUT2D eigenvalue weighted by atomic mass is 10.0. The van der Waals surface area contributed by atoms with Crippen molar-refractivity contribution in [1.29, 1.82) is 0 Å². The average Bonchev–Trinajstić information content (AvgIpc) is 2.61. The first-order valence-corrected chi connectivity index (χ1v) is 7.82. The van der Waals surface area contributed by atoms with Crippen LogP contribution in [-0.4, -0.2) is 19.6 Å². The van der Waals surface area contributed by atoms with Gasteiger partial charge in [-0.15, -0.1) is 0 Å². The normalized spacial score (nSPS) is 20.4. The molecule has 0 amide bonds. The smallest absolute Gasteiger partial charge is 0.0412 e. The third kappa shape index (κ3) is 4.12. The van der Waals surface area contributed by atoms with Gasteiger partial charge in [-0.25, -0.2) is 0 Å². The highest BCUT2D eigenvalue weighted by atomic mass is 35.5. The summed E-state index contributed by atoms with van der Waals surface area (Å²) in [6.07, 6.45) is 3.94. The number of anilines is 1. The van der Waals surface area contributed by atoms with Gasteiger partial charge in [-0.05, 0) is 55.5 Å². The minimum atomic E-state index is 0.833. The Kier molecular flexibility index (Phi) is 5.53. The van der Waals surface area contributed by atoms with Gasteiger partial charge in [0.1, 0.15) is 0 Å². The van der Waals surface area contributed by atoms with E-state index in [0.717, 1.165) is 24.0 Å². The zero-order valence-corrected chi connectivity index (χ0v) is 12.8. The molecule has 19 heavy (non-hydrogen) atoms. The molecule has 1 aromatic rings. The van der Waals surface area contributed by atoms with Gasteiger partial charge in [-0.2, -0.15) is 0 Å². The Balaban J connectivity index is 2.17. The maximum Gasteiger partial charge on any atom is 0.0412 e. The molecule has 2 rings (SSSR count). The van der Waals surface area contributed by atoms with Crippen LogP contribution in [0.1, 0.15) is 38.7 Å². The molecule has 0 radical (unpaired) electrons.